The van der Waals surface area contributed by atoms with Gasteiger partial charge in [-0.05, 0) is 24.6 Å². The summed E-state index contributed by atoms with van der Waals surface area (Å²) in [6.07, 6.45) is -0.0457. The molecule has 1 aromatic heterocycles. The molecule has 1 unspecified atom stereocenters. The van der Waals surface area contributed by atoms with Gasteiger partial charge in [0.25, 0.3) is 0 Å². The van der Waals surface area contributed by atoms with E-state index in [0.29, 0.717) is 10.7 Å². The standard InChI is InChI=1S/C14H15ClN2O2S/c1-9(10-4-3-5-11(15)6-10)17(2)14-16-12(8-20-14)7-13(18)19/h3-6,8-9H,7H2,1-2H3,(H,18,19). The van der Waals surface area contributed by atoms with Crippen molar-refractivity contribution < 1.29 is 9.90 Å². The van der Waals surface area contributed by atoms with E-state index in [0.717, 1.165) is 10.7 Å². The van der Waals surface area contributed by atoms with E-state index in [4.69, 9.17) is 16.7 Å². The van der Waals surface area contributed by atoms with E-state index in [1.807, 2.05) is 36.2 Å². The van der Waals surface area contributed by atoms with E-state index in [1.165, 1.54) is 11.3 Å². The SMILES string of the molecule is CC(c1cccc(Cl)c1)N(C)c1nc(CC(=O)O)cs1. The first-order valence-corrected chi connectivity index (χ1v) is 7.37. The van der Waals surface area contributed by atoms with Crippen LogP contribution in [-0.2, 0) is 11.2 Å². The zero-order chi connectivity index (χ0) is 14.7. The Labute approximate surface area is 126 Å². The van der Waals surface area contributed by atoms with Gasteiger partial charge >= 0.3 is 5.97 Å². The highest BCUT2D eigenvalue weighted by Crippen LogP contribution is 2.29. The van der Waals surface area contributed by atoms with Crippen LogP contribution in [0.3, 0.4) is 0 Å². The molecule has 6 heteroatoms. The lowest BCUT2D eigenvalue weighted by Crippen LogP contribution is -2.21. The van der Waals surface area contributed by atoms with E-state index in [2.05, 4.69) is 11.9 Å². The zero-order valence-corrected chi connectivity index (χ0v) is 12.8. The predicted molar refractivity (Wildman–Crippen MR) is 81.7 cm³/mol. The molecule has 4 nitrogen and oxygen atoms in total. The van der Waals surface area contributed by atoms with E-state index in [1.54, 1.807) is 5.38 Å². The third kappa shape index (κ3) is 3.49. The van der Waals surface area contributed by atoms with Gasteiger partial charge in [-0.1, -0.05) is 23.7 Å². The number of nitrogens with zero attached hydrogens (tertiary/aromatic N) is 2. The van der Waals surface area contributed by atoms with Gasteiger partial charge in [-0.25, -0.2) is 4.98 Å². The maximum atomic E-state index is 10.7. The van der Waals surface area contributed by atoms with Gasteiger partial charge in [-0.3, -0.25) is 4.79 Å². The van der Waals surface area contributed by atoms with E-state index >= 15 is 0 Å². The van der Waals surface area contributed by atoms with Crippen molar-refractivity contribution in [3.8, 4) is 0 Å². The number of rotatable bonds is 5. The van der Waals surface area contributed by atoms with Crippen LogP contribution in [-0.4, -0.2) is 23.1 Å². The second-order valence-electron chi connectivity index (χ2n) is 4.53. The van der Waals surface area contributed by atoms with Crippen LogP contribution in [0.2, 0.25) is 5.02 Å². The Morgan fingerprint density at radius 3 is 2.95 bits per heavy atom. The number of hydrogen-bond donors (Lipinski definition) is 1. The highest BCUT2D eigenvalue weighted by molar-refractivity contribution is 7.13. The molecular weight excluding hydrogens is 296 g/mol. The molecule has 0 saturated carbocycles. The van der Waals surface area contributed by atoms with Crippen molar-refractivity contribution in [2.45, 2.75) is 19.4 Å². The Hall–Kier alpha value is -1.59. The fourth-order valence-electron chi connectivity index (χ4n) is 1.85. The normalized spacial score (nSPS) is 12.2. The van der Waals surface area contributed by atoms with E-state index in [-0.39, 0.29) is 12.5 Å². The smallest absolute Gasteiger partial charge is 0.309 e. The third-order valence-corrected chi connectivity index (χ3v) is 4.30. The van der Waals surface area contributed by atoms with E-state index in [9.17, 15) is 4.79 Å². The number of aliphatic carboxylic acids is 1. The molecule has 1 atom stereocenters. The lowest BCUT2D eigenvalue weighted by atomic mass is 10.1. The van der Waals surface area contributed by atoms with Crippen LogP contribution in [0, 0.1) is 0 Å². The molecule has 2 rings (SSSR count). The second-order valence-corrected chi connectivity index (χ2v) is 5.81. The third-order valence-electron chi connectivity index (χ3n) is 3.09. The number of hydrogen-bond acceptors (Lipinski definition) is 4. The fourth-order valence-corrected chi connectivity index (χ4v) is 2.92. The molecule has 0 aliphatic heterocycles. The number of carbonyl (C=O) groups is 1. The van der Waals surface area contributed by atoms with Gasteiger partial charge in [0.05, 0.1) is 18.2 Å². The number of benzene rings is 1. The summed E-state index contributed by atoms with van der Waals surface area (Å²) in [6, 6.07) is 7.80. The van der Waals surface area contributed by atoms with Crippen molar-refractivity contribution in [3.05, 3.63) is 45.9 Å². The van der Waals surface area contributed by atoms with Crippen molar-refractivity contribution in [3.63, 3.8) is 0 Å². The minimum Gasteiger partial charge on any atom is -0.481 e. The van der Waals surface area contributed by atoms with Gasteiger partial charge in [0.1, 0.15) is 0 Å². The maximum absolute atomic E-state index is 10.7. The number of thiazole rings is 1. The molecule has 0 fully saturated rings. The molecule has 0 aliphatic rings. The Morgan fingerprint density at radius 2 is 2.30 bits per heavy atom. The summed E-state index contributed by atoms with van der Waals surface area (Å²) in [5.41, 5.74) is 1.68. The van der Waals surface area contributed by atoms with Crippen LogP contribution in [0.15, 0.2) is 29.6 Å². The average molecular weight is 311 g/mol. The molecule has 20 heavy (non-hydrogen) atoms. The minimum absolute atomic E-state index is 0.0457. The van der Waals surface area contributed by atoms with Gasteiger partial charge in [-0.2, -0.15) is 0 Å². The lowest BCUT2D eigenvalue weighted by Gasteiger charge is -2.24. The van der Waals surface area contributed by atoms with Crippen molar-refractivity contribution >= 4 is 34.0 Å². The van der Waals surface area contributed by atoms with Crippen LogP contribution in [0.5, 0.6) is 0 Å². The predicted octanol–water partition coefficient (Wildman–Crippen LogP) is 3.62. The molecule has 0 spiro atoms. The molecule has 1 aromatic carbocycles. The molecule has 2 aromatic rings. The summed E-state index contributed by atoms with van der Waals surface area (Å²) in [7, 11) is 1.94. The Balaban J connectivity index is 2.16. The number of carboxylic acids is 1. The number of halogens is 1. The summed E-state index contributed by atoms with van der Waals surface area (Å²) < 4.78 is 0. The molecule has 1 heterocycles. The lowest BCUT2D eigenvalue weighted by molar-refractivity contribution is -0.136. The fraction of sp³-hybridized carbons (Fsp3) is 0.286. The largest absolute Gasteiger partial charge is 0.481 e. The molecular formula is C14H15ClN2O2S. The first-order valence-electron chi connectivity index (χ1n) is 6.12. The van der Waals surface area contributed by atoms with Gasteiger partial charge < -0.3 is 10.0 Å². The highest BCUT2D eigenvalue weighted by Gasteiger charge is 2.16. The molecule has 1 N–H and O–H groups in total. The summed E-state index contributed by atoms with van der Waals surface area (Å²) in [4.78, 5) is 17.0. The average Bonchev–Trinajstić information content (AvgIpc) is 2.84. The van der Waals surface area contributed by atoms with Crippen molar-refractivity contribution in [1.82, 2.24) is 4.98 Å². The maximum Gasteiger partial charge on any atom is 0.309 e. The van der Waals surface area contributed by atoms with Crippen LogP contribution < -0.4 is 4.90 Å². The van der Waals surface area contributed by atoms with Gasteiger partial charge in [0.2, 0.25) is 0 Å². The summed E-state index contributed by atoms with van der Waals surface area (Å²) in [5.74, 6) is -0.868. The van der Waals surface area contributed by atoms with Crippen LogP contribution in [0.25, 0.3) is 0 Å². The first kappa shape index (κ1) is 14.8. The number of aromatic nitrogens is 1. The summed E-state index contributed by atoms with van der Waals surface area (Å²) in [5, 5.41) is 12.1. The summed E-state index contributed by atoms with van der Waals surface area (Å²) in [6.45, 7) is 2.06. The molecule has 0 aliphatic carbocycles. The van der Waals surface area contributed by atoms with Crippen molar-refractivity contribution in [2.24, 2.45) is 0 Å². The first-order chi connectivity index (χ1) is 9.47. The topological polar surface area (TPSA) is 53.4 Å². The van der Waals surface area contributed by atoms with Crippen LogP contribution in [0.4, 0.5) is 5.13 Å². The molecule has 0 saturated heterocycles. The van der Waals surface area contributed by atoms with Gasteiger partial charge in [-0.15, -0.1) is 11.3 Å². The van der Waals surface area contributed by atoms with Crippen molar-refractivity contribution in [2.75, 3.05) is 11.9 Å². The molecule has 0 radical (unpaired) electrons. The Morgan fingerprint density at radius 1 is 1.55 bits per heavy atom. The monoisotopic (exact) mass is 310 g/mol. The quantitative estimate of drug-likeness (QED) is 0.916. The van der Waals surface area contributed by atoms with Crippen LogP contribution >= 0.6 is 22.9 Å². The van der Waals surface area contributed by atoms with Gasteiger partial charge in [0, 0.05) is 17.5 Å². The zero-order valence-electron chi connectivity index (χ0n) is 11.2. The van der Waals surface area contributed by atoms with Gasteiger partial charge in [0.15, 0.2) is 5.13 Å². The van der Waals surface area contributed by atoms with Crippen molar-refractivity contribution in [1.29, 1.82) is 0 Å². The minimum atomic E-state index is -0.868. The Kier molecular flexibility index (Phi) is 4.62. The molecule has 0 amide bonds. The van der Waals surface area contributed by atoms with Crippen LogP contribution in [0.1, 0.15) is 24.2 Å². The summed E-state index contributed by atoms with van der Waals surface area (Å²) >= 11 is 7.45. The molecule has 106 valence electrons. The molecule has 0 bridgehead atoms. The number of carboxylic acid groups (broad SMARTS) is 1. The highest BCUT2D eigenvalue weighted by atomic mass is 35.5. The van der Waals surface area contributed by atoms with E-state index < -0.39 is 5.97 Å². The Bertz CT molecular complexity index is 615. The second kappa shape index (κ2) is 6.24. The number of anilines is 1.